The van der Waals surface area contributed by atoms with Crippen LogP contribution < -0.4 is 0 Å². The maximum absolute atomic E-state index is 11.3. The van der Waals surface area contributed by atoms with Crippen molar-refractivity contribution in [2.75, 3.05) is 26.2 Å². The molecule has 0 N–H and O–H groups in total. The monoisotopic (exact) mass is 252 g/mol. The summed E-state index contributed by atoms with van der Waals surface area (Å²) in [6.07, 6.45) is 5.08. The molecule has 0 radical (unpaired) electrons. The van der Waals surface area contributed by atoms with Gasteiger partial charge in [-0.2, -0.15) is 0 Å². The van der Waals surface area contributed by atoms with E-state index in [0.29, 0.717) is 0 Å². The third kappa shape index (κ3) is 3.25. The van der Waals surface area contributed by atoms with E-state index in [0.717, 1.165) is 31.0 Å². The fraction of sp³-hybridized carbons (Fsp3) is 0.933. The number of hydrogen-bond donors (Lipinski definition) is 0. The van der Waals surface area contributed by atoms with E-state index >= 15 is 0 Å². The number of nitrogens with zero attached hydrogens (tertiary/aromatic N) is 2. The zero-order chi connectivity index (χ0) is 13.1. The minimum absolute atomic E-state index is 0.243. The lowest BCUT2D eigenvalue weighted by Gasteiger charge is -2.42. The van der Waals surface area contributed by atoms with Crippen LogP contribution >= 0.6 is 0 Å². The van der Waals surface area contributed by atoms with Crippen molar-refractivity contribution in [1.29, 1.82) is 0 Å². The molecule has 2 rings (SSSR count). The molecule has 0 bridgehead atoms. The number of likely N-dealkylation sites (tertiary alicyclic amines) is 2. The van der Waals surface area contributed by atoms with Crippen molar-refractivity contribution < 1.29 is 4.79 Å². The van der Waals surface area contributed by atoms with Crippen LogP contribution in [0.4, 0.5) is 0 Å². The van der Waals surface area contributed by atoms with Crippen molar-refractivity contribution in [3.8, 4) is 0 Å². The first-order chi connectivity index (χ1) is 8.58. The van der Waals surface area contributed by atoms with Gasteiger partial charge >= 0.3 is 0 Å². The predicted molar refractivity (Wildman–Crippen MR) is 74.4 cm³/mol. The van der Waals surface area contributed by atoms with Gasteiger partial charge in [-0.1, -0.05) is 13.8 Å². The summed E-state index contributed by atoms with van der Waals surface area (Å²) in [6, 6.07) is 0.730. The molecule has 0 spiro atoms. The Bertz CT molecular complexity index is 274. The molecule has 3 nitrogen and oxygen atoms in total. The second-order valence-electron chi connectivity index (χ2n) is 6.35. The van der Waals surface area contributed by atoms with E-state index in [1.54, 1.807) is 6.92 Å². The van der Waals surface area contributed by atoms with Crippen LogP contribution in [0.3, 0.4) is 0 Å². The van der Waals surface area contributed by atoms with Crippen LogP contribution in [0.2, 0.25) is 0 Å². The van der Waals surface area contributed by atoms with E-state index < -0.39 is 0 Å². The van der Waals surface area contributed by atoms with Crippen molar-refractivity contribution in [3.05, 3.63) is 0 Å². The van der Waals surface area contributed by atoms with Gasteiger partial charge in [0.15, 0.2) is 0 Å². The number of hydrogen-bond acceptors (Lipinski definition) is 2. The van der Waals surface area contributed by atoms with Gasteiger partial charge in [-0.15, -0.1) is 0 Å². The van der Waals surface area contributed by atoms with Gasteiger partial charge in [0.25, 0.3) is 0 Å². The van der Waals surface area contributed by atoms with Crippen molar-refractivity contribution in [2.45, 2.75) is 52.5 Å². The van der Waals surface area contributed by atoms with Crippen LogP contribution in [-0.4, -0.2) is 47.9 Å². The molecular weight excluding hydrogens is 224 g/mol. The predicted octanol–water partition coefficient (Wildman–Crippen LogP) is 2.37. The zero-order valence-electron chi connectivity index (χ0n) is 12.2. The Morgan fingerprint density at radius 2 is 1.56 bits per heavy atom. The molecule has 0 unspecified atom stereocenters. The molecule has 0 saturated carbocycles. The largest absolute Gasteiger partial charge is 0.343 e. The highest BCUT2D eigenvalue weighted by Gasteiger charge is 2.29. The maximum atomic E-state index is 11.3. The minimum Gasteiger partial charge on any atom is -0.343 e. The van der Waals surface area contributed by atoms with E-state index in [2.05, 4.69) is 18.7 Å². The Balaban J connectivity index is 1.76. The highest BCUT2D eigenvalue weighted by atomic mass is 16.2. The summed E-state index contributed by atoms with van der Waals surface area (Å²) >= 11 is 0. The fourth-order valence-corrected chi connectivity index (χ4v) is 3.50. The minimum atomic E-state index is 0.243. The Morgan fingerprint density at radius 3 is 2.00 bits per heavy atom. The molecule has 0 atom stereocenters. The van der Waals surface area contributed by atoms with Crippen molar-refractivity contribution in [1.82, 2.24) is 9.80 Å². The molecule has 1 amide bonds. The van der Waals surface area contributed by atoms with Crippen LogP contribution in [0.5, 0.6) is 0 Å². The molecule has 0 aromatic heterocycles. The van der Waals surface area contributed by atoms with Gasteiger partial charge in [0.2, 0.25) is 5.91 Å². The Hall–Kier alpha value is -0.570. The average molecular weight is 252 g/mol. The molecule has 2 heterocycles. The summed E-state index contributed by atoms with van der Waals surface area (Å²) in [5, 5.41) is 0. The van der Waals surface area contributed by atoms with E-state index in [4.69, 9.17) is 0 Å². The third-order valence-corrected chi connectivity index (χ3v) is 4.94. The molecule has 104 valence electrons. The van der Waals surface area contributed by atoms with Crippen LogP contribution in [0, 0.1) is 11.8 Å². The third-order valence-electron chi connectivity index (χ3n) is 4.94. The maximum Gasteiger partial charge on any atom is 0.219 e. The van der Waals surface area contributed by atoms with Crippen LogP contribution in [0.1, 0.15) is 46.5 Å². The number of piperidine rings is 2. The van der Waals surface area contributed by atoms with Gasteiger partial charge in [-0.3, -0.25) is 4.79 Å². The Kier molecular flexibility index (Phi) is 4.66. The average Bonchev–Trinajstić information content (AvgIpc) is 2.39. The van der Waals surface area contributed by atoms with Crippen molar-refractivity contribution in [3.63, 3.8) is 0 Å². The Labute approximate surface area is 112 Å². The molecule has 18 heavy (non-hydrogen) atoms. The topological polar surface area (TPSA) is 23.6 Å². The summed E-state index contributed by atoms with van der Waals surface area (Å²) < 4.78 is 0. The smallest absolute Gasteiger partial charge is 0.219 e. The summed E-state index contributed by atoms with van der Waals surface area (Å²) in [7, 11) is 0. The lowest BCUT2D eigenvalue weighted by Crippen LogP contribution is -2.48. The second kappa shape index (κ2) is 6.05. The molecule has 2 saturated heterocycles. The van der Waals surface area contributed by atoms with Gasteiger partial charge in [0.05, 0.1) is 0 Å². The molecule has 0 aliphatic carbocycles. The van der Waals surface area contributed by atoms with Gasteiger partial charge in [-0.05, 0) is 50.6 Å². The van der Waals surface area contributed by atoms with Gasteiger partial charge in [0, 0.05) is 26.1 Å². The second-order valence-corrected chi connectivity index (χ2v) is 6.35. The highest BCUT2D eigenvalue weighted by Crippen LogP contribution is 2.27. The number of rotatable bonds is 2. The molecule has 2 aliphatic heterocycles. The van der Waals surface area contributed by atoms with Gasteiger partial charge in [0.1, 0.15) is 0 Å². The molecule has 2 fully saturated rings. The van der Waals surface area contributed by atoms with E-state index in [9.17, 15) is 4.79 Å². The normalized spacial score (nSPS) is 24.8. The molecule has 3 heteroatoms. The summed E-state index contributed by atoms with van der Waals surface area (Å²) in [6.45, 7) is 10.9. The zero-order valence-corrected chi connectivity index (χ0v) is 12.2. The van der Waals surface area contributed by atoms with E-state index in [1.165, 1.54) is 38.8 Å². The number of carbonyl (C=O) groups is 1. The summed E-state index contributed by atoms with van der Waals surface area (Å²) in [4.78, 5) is 16.0. The lowest BCUT2D eigenvalue weighted by molar-refractivity contribution is -0.130. The molecule has 0 aromatic carbocycles. The standard InChI is InChI=1S/C15H28N2O/c1-12(2)14-4-8-17(9-5-14)15-6-10-16(11-7-15)13(3)18/h12,14-15H,4-11H2,1-3H3. The Morgan fingerprint density at radius 1 is 1.00 bits per heavy atom. The van der Waals surface area contributed by atoms with Crippen LogP contribution in [0.15, 0.2) is 0 Å². The van der Waals surface area contributed by atoms with E-state index in [1.807, 2.05) is 4.90 Å². The van der Waals surface area contributed by atoms with Crippen molar-refractivity contribution in [2.24, 2.45) is 11.8 Å². The summed E-state index contributed by atoms with van der Waals surface area (Å²) in [5.74, 6) is 2.01. The molecule has 2 aliphatic rings. The van der Waals surface area contributed by atoms with Gasteiger partial charge in [-0.25, -0.2) is 0 Å². The fourth-order valence-electron chi connectivity index (χ4n) is 3.50. The first-order valence-corrected chi connectivity index (χ1v) is 7.57. The number of carbonyl (C=O) groups excluding carboxylic acids is 1. The summed E-state index contributed by atoms with van der Waals surface area (Å²) in [5.41, 5.74) is 0. The first-order valence-electron chi connectivity index (χ1n) is 7.57. The lowest BCUT2D eigenvalue weighted by atomic mass is 9.85. The first kappa shape index (κ1) is 13.9. The highest BCUT2D eigenvalue weighted by molar-refractivity contribution is 5.73. The molecular formula is C15H28N2O. The quantitative estimate of drug-likeness (QED) is 0.753. The SMILES string of the molecule is CC(=O)N1CCC(N2CCC(C(C)C)CC2)CC1. The van der Waals surface area contributed by atoms with Crippen LogP contribution in [-0.2, 0) is 4.79 Å². The van der Waals surface area contributed by atoms with Crippen molar-refractivity contribution >= 4 is 5.91 Å². The van der Waals surface area contributed by atoms with Gasteiger partial charge < -0.3 is 9.80 Å². The van der Waals surface area contributed by atoms with Crippen LogP contribution in [0.25, 0.3) is 0 Å². The molecule has 0 aromatic rings. The number of amides is 1. The van der Waals surface area contributed by atoms with E-state index in [-0.39, 0.29) is 5.91 Å².